The van der Waals surface area contributed by atoms with Gasteiger partial charge in [0.15, 0.2) is 0 Å². The Labute approximate surface area is 222 Å². The Bertz CT molecular complexity index is 1170. The van der Waals surface area contributed by atoms with Gasteiger partial charge in [0.2, 0.25) is 11.8 Å². The molecule has 2 amide bonds. The summed E-state index contributed by atoms with van der Waals surface area (Å²) in [6, 6.07) is 9.06. The van der Waals surface area contributed by atoms with Crippen molar-refractivity contribution in [1.29, 1.82) is 0 Å². The van der Waals surface area contributed by atoms with Crippen LogP contribution in [0, 0.1) is 11.7 Å². The second kappa shape index (κ2) is 12.7. The van der Waals surface area contributed by atoms with Crippen LogP contribution in [0.3, 0.4) is 0 Å². The number of hydrogen-bond acceptors (Lipinski definition) is 4. The number of carbonyl (C=O) groups is 2. The topological polar surface area (TPSA) is 90.0 Å². The Morgan fingerprint density at radius 3 is 2.11 bits per heavy atom. The van der Waals surface area contributed by atoms with Crippen LogP contribution in [0.5, 0.6) is 0 Å². The second-order valence-corrected chi connectivity index (χ2v) is 11.7. The maximum Gasteiger partial charge on any atom is 0.304 e. The van der Waals surface area contributed by atoms with E-state index in [1.807, 2.05) is 13.8 Å². The molecule has 2 aromatic carbocycles. The fourth-order valence-corrected chi connectivity index (χ4v) is 4.83. The molecule has 0 saturated heterocycles. The SMILES string of the molecule is CC(C)CNC(=O)[C@@H](C)N(Cc1c(Cl)cccc1Cl)C(=O)CN(c1ccccc1F)S(=O)(=O)N(C)C. The summed E-state index contributed by atoms with van der Waals surface area (Å²) in [4.78, 5) is 27.7. The van der Waals surface area contributed by atoms with Gasteiger partial charge in [-0.3, -0.25) is 9.59 Å². The van der Waals surface area contributed by atoms with Crippen LogP contribution in [-0.2, 0) is 26.3 Å². The molecule has 8 nitrogen and oxygen atoms in total. The number of para-hydroxylation sites is 1. The first kappa shape index (κ1) is 29.8. The van der Waals surface area contributed by atoms with Crippen LogP contribution in [-0.4, -0.2) is 62.7 Å². The number of anilines is 1. The average Bonchev–Trinajstić information content (AvgIpc) is 2.80. The van der Waals surface area contributed by atoms with Gasteiger partial charge in [-0.15, -0.1) is 0 Å². The summed E-state index contributed by atoms with van der Waals surface area (Å²) < 4.78 is 42.4. The minimum atomic E-state index is -4.27. The number of carbonyl (C=O) groups excluding carboxylic acids is 2. The Hall–Kier alpha value is -2.40. The van der Waals surface area contributed by atoms with Crippen LogP contribution in [0.25, 0.3) is 0 Å². The molecule has 0 aromatic heterocycles. The number of benzene rings is 2. The Morgan fingerprint density at radius 1 is 1.00 bits per heavy atom. The summed E-state index contributed by atoms with van der Waals surface area (Å²) in [5, 5.41) is 3.34. The third kappa shape index (κ3) is 7.32. The Balaban J connectivity index is 2.51. The van der Waals surface area contributed by atoms with Gasteiger partial charge in [-0.1, -0.05) is 55.2 Å². The highest BCUT2D eigenvalue weighted by atomic mass is 35.5. The van der Waals surface area contributed by atoms with E-state index in [4.69, 9.17) is 23.2 Å². The number of hydrogen-bond donors (Lipinski definition) is 1. The summed E-state index contributed by atoms with van der Waals surface area (Å²) in [7, 11) is -1.72. The highest BCUT2D eigenvalue weighted by Gasteiger charge is 2.34. The van der Waals surface area contributed by atoms with Crippen molar-refractivity contribution < 1.29 is 22.4 Å². The molecule has 12 heteroatoms. The molecule has 1 atom stereocenters. The third-order valence-corrected chi connectivity index (χ3v) is 7.90. The van der Waals surface area contributed by atoms with E-state index in [1.54, 1.807) is 18.2 Å². The lowest BCUT2D eigenvalue weighted by atomic mass is 10.1. The lowest BCUT2D eigenvalue weighted by molar-refractivity contribution is -0.139. The number of halogens is 3. The van der Waals surface area contributed by atoms with Gasteiger partial charge in [0.1, 0.15) is 18.4 Å². The zero-order chi connectivity index (χ0) is 27.2. The number of nitrogens with one attached hydrogen (secondary N) is 1. The fourth-order valence-electron chi connectivity index (χ4n) is 3.24. The molecule has 0 aliphatic rings. The zero-order valence-electron chi connectivity index (χ0n) is 20.8. The van der Waals surface area contributed by atoms with E-state index in [-0.39, 0.29) is 28.2 Å². The van der Waals surface area contributed by atoms with Gasteiger partial charge >= 0.3 is 10.2 Å². The van der Waals surface area contributed by atoms with Gasteiger partial charge in [0.05, 0.1) is 5.69 Å². The van der Waals surface area contributed by atoms with E-state index in [9.17, 15) is 22.4 Å². The zero-order valence-corrected chi connectivity index (χ0v) is 23.2. The third-order valence-electron chi connectivity index (χ3n) is 5.38. The van der Waals surface area contributed by atoms with Crippen LogP contribution in [0.1, 0.15) is 26.3 Å². The summed E-state index contributed by atoms with van der Waals surface area (Å²) in [6.45, 7) is 4.83. The molecule has 2 aromatic rings. The molecule has 0 aliphatic carbocycles. The monoisotopic (exact) mass is 560 g/mol. The van der Waals surface area contributed by atoms with Gasteiger partial charge < -0.3 is 10.2 Å². The molecule has 198 valence electrons. The maximum atomic E-state index is 14.7. The molecule has 0 unspecified atom stereocenters. The summed E-state index contributed by atoms with van der Waals surface area (Å²) >= 11 is 12.6. The molecular weight excluding hydrogens is 530 g/mol. The highest BCUT2D eigenvalue weighted by molar-refractivity contribution is 7.90. The quantitative estimate of drug-likeness (QED) is 0.450. The van der Waals surface area contributed by atoms with Crippen LogP contribution >= 0.6 is 23.2 Å². The summed E-state index contributed by atoms with van der Waals surface area (Å²) in [6.07, 6.45) is 0. The average molecular weight is 562 g/mol. The molecule has 0 saturated carbocycles. The first-order chi connectivity index (χ1) is 16.8. The lowest BCUT2D eigenvalue weighted by Gasteiger charge is -2.33. The normalized spacial score (nSPS) is 12.5. The minimum Gasteiger partial charge on any atom is -0.354 e. The minimum absolute atomic E-state index is 0.166. The molecule has 2 rings (SSSR count). The first-order valence-corrected chi connectivity index (χ1v) is 13.4. The van der Waals surface area contributed by atoms with Crippen molar-refractivity contribution in [2.24, 2.45) is 5.92 Å². The lowest BCUT2D eigenvalue weighted by Crippen LogP contribution is -2.52. The standard InChI is InChI=1S/C24H31Cl2FN4O4S/c1-16(2)13-28-24(33)17(3)30(14-18-19(25)9-8-10-20(18)26)23(32)15-31(36(34,35)29(4)5)22-12-7-6-11-21(22)27/h6-12,16-17H,13-15H2,1-5H3,(H,28,33)/t17-/m1/s1. The van der Waals surface area contributed by atoms with Crippen LogP contribution in [0.4, 0.5) is 10.1 Å². The van der Waals surface area contributed by atoms with Gasteiger partial charge in [-0.25, -0.2) is 8.70 Å². The van der Waals surface area contributed by atoms with Gasteiger partial charge in [-0.05, 0) is 37.1 Å². The molecule has 36 heavy (non-hydrogen) atoms. The number of amides is 2. The van der Waals surface area contributed by atoms with Crippen LogP contribution < -0.4 is 9.62 Å². The summed E-state index contributed by atoms with van der Waals surface area (Å²) in [5.41, 5.74) is 0.0952. The van der Waals surface area contributed by atoms with E-state index in [1.165, 1.54) is 44.1 Å². The first-order valence-electron chi connectivity index (χ1n) is 11.2. The predicted molar refractivity (Wildman–Crippen MR) is 141 cm³/mol. The van der Waals surface area contributed by atoms with Crippen molar-refractivity contribution in [1.82, 2.24) is 14.5 Å². The molecule has 0 radical (unpaired) electrons. The number of rotatable bonds is 11. The van der Waals surface area contributed by atoms with Crippen molar-refractivity contribution in [2.75, 3.05) is 31.5 Å². The van der Waals surface area contributed by atoms with E-state index in [0.717, 1.165) is 10.4 Å². The summed E-state index contributed by atoms with van der Waals surface area (Å²) in [5.74, 6) is -1.83. The van der Waals surface area contributed by atoms with Gasteiger partial charge in [0, 0.05) is 42.8 Å². The van der Waals surface area contributed by atoms with Crippen LogP contribution in [0.15, 0.2) is 42.5 Å². The van der Waals surface area contributed by atoms with Crippen molar-refractivity contribution in [3.05, 3.63) is 63.9 Å². The maximum absolute atomic E-state index is 14.7. The largest absolute Gasteiger partial charge is 0.354 e. The van der Waals surface area contributed by atoms with E-state index < -0.39 is 40.4 Å². The Kier molecular flexibility index (Phi) is 10.5. The Morgan fingerprint density at radius 2 is 1.58 bits per heavy atom. The van der Waals surface area contributed by atoms with Crippen molar-refractivity contribution in [2.45, 2.75) is 33.4 Å². The van der Waals surface area contributed by atoms with Gasteiger partial charge in [-0.2, -0.15) is 12.7 Å². The van der Waals surface area contributed by atoms with Crippen LogP contribution in [0.2, 0.25) is 10.0 Å². The van der Waals surface area contributed by atoms with E-state index >= 15 is 0 Å². The van der Waals surface area contributed by atoms with Crippen molar-refractivity contribution >= 4 is 50.9 Å². The molecule has 0 bridgehead atoms. The van der Waals surface area contributed by atoms with Gasteiger partial charge in [0.25, 0.3) is 0 Å². The van der Waals surface area contributed by atoms with E-state index in [0.29, 0.717) is 16.4 Å². The fraction of sp³-hybridized carbons (Fsp3) is 0.417. The van der Waals surface area contributed by atoms with Crippen molar-refractivity contribution in [3.8, 4) is 0 Å². The number of nitrogens with zero attached hydrogens (tertiary/aromatic N) is 3. The van der Waals surface area contributed by atoms with E-state index in [2.05, 4.69) is 5.32 Å². The molecule has 0 spiro atoms. The second-order valence-electron chi connectivity index (χ2n) is 8.79. The molecule has 1 N–H and O–H groups in total. The molecular formula is C24H31Cl2FN4O4S. The highest BCUT2D eigenvalue weighted by Crippen LogP contribution is 2.28. The molecule has 0 fully saturated rings. The molecule has 0 heterocycles. The smallest absolute Gasteiger partial charge is 0.304 e. The molecule has 0 aliphatic heterocycles. The van der Waals surface area contributed by atoms with Crippen molar-refractivity contribution in [3.63, 3.8) is 0 Å². The predicted octanol–water partition coefficient (Wildman–Crippen LogP) is 3.93.